The molecule has 13 heavy (non-hydrogen) atoms. The zero-order chi connectivity index (χ0) is 10.1. The van der Waals surface area contributed by atoms with Crippen LogP contribution in [0.5, 0.6) is 0 Å². The van der Waals surface area contributed by atoms with Crippen LogP contribution in [0.4, 0.5) is 4.39 Å². The van der Waals surface area contributed by atoms with Crippen LogP contribution in [-0.4, -0.2) is 11.7 Å². The van der Waals surface area contributed by atoms with Gasteiger partial charge in [-0.15, -0.1) is 0 Å². The van der Waals surface area contributed by atoms with E-state index < -0.39 is 5.41 Å². The Hall–Kier alpha value is -0.410. The van der Waals surface area contributed by atoms with Crippen LogP contribution in [0.1, 0.15) is 19.4 Å². The van der Waals surface area contributed by atoms with E-state index >= 15 is 0 Å². The van der Waals surface area contributed by atoms with Gasteiger partial charge in [0.25, 0.3) is 0 Å². The average molecular weight is 247 g/mol. The highest BCUT2D eigenvalue weighted by Gasteiger charge is 2.23. The lowest BCUT2D eigenvalue weighted by Crippen LogP contribution is -2.23. The Labute approximate surface area is 85.7 Å². The van der Waals surface area contributed by atoms with Crippen molar-refractivity contribution in [2.75, 3.05) is 6.61 Å². The minimum atomic E-state index is -0.534. The van der Waals surface area contributed by atoms with Crippen molar-refractivity contribution in [3.63, 3.8) is 0 Å². The quantitative estimate of drug-likeness (QED) is 0.851. The van der Waals surface area contributed by atoms with Gasteiger partial charge in [-0.1, -0.05) is 29.8 Å². The van der Waals surface area contributed by atoms with Crippen LogP contribution in [0.3, 0.4) is 0 Å². The Morgan fingerprint density at radius 1 is 1.46 bits per heavy atom. The minimum absolute atomic E-state index is 0.0691. The number of aliphatic hydroxyl groups is 1. The number of hydrogen-bond donors (Lipinski definition) is 1. The van der Waals surface area contributed by atoms with Crippen molar-refractivity contribution < 1.29 is 9.50 Å². The molecule has 0 unspecified atom stereocenters. The first-order chi connectivity index (χ1) is 5.97. The molecule has 0 bridgehead atoms. The summed E-state index contributed by atoms with van der Waals surface area (Å²) in [5, 5.41) is 9.08. The third-order valence-electron chi connectivity index (χ3n) is 2.05. The molecule has 1 aromatic carbocycles. The Bertz CT molecular complexity index is 310. The summed E-state index contributed by atoms with van der Waals surface area (Å²) >= 11 is 3.27. The lowest BCUT2D eigenvalue weighted by Gasteiger charge is -2.22. The molecule has 0 radical (unpaired) electrons. The van der Waals surface area contributed by atoms with Crippen LogP contribution in [0.15, 0.2) is 22.7 Å². The van der Waals surface area contributed by atoms with Gasteiger partial charge in [0.05, 0.1) is 6.61 Å². The zero-order valence-electron chi connectivity index (χ0n) is 7.64. The maximum atomic E-state index is 13.3. The van der Waals surface area contributed by atoms with Gasteiger partial charge in [0.15, 0.2) is 0 Å². The summed E-state index contributed by atoms with van der Waals surface area (Å²) in [5.41, 5.74) is -0.00204. The molecule has 0 fully saturated rings. The summed E-state index contributed by atoms with van der Waals surface area (Å²) in [5.74, 6) is -0.276. The van der Waals surface area contributed by atoms with E-state index in [2.05, 4.69) is 15.9 Å². The summed E-state index contributed by atoms with van der Waals surface area (Å²) in [6, 6.07) is 4.74. The molecule has 0 atom stereocenters. The van der Waals surface area contributed by atoms with Gasteiger partial charge in [0.1, 0.15) is 5.82 Å². The molecule has 0 heterocycles. The fraction of sp³-hybridized carbons (Fsp3) is 0.400. The summed E-state index contributed by atoms with van der Waals surface area (Å²) in [4.78, 5) is 0. The lowest BCUT2D eigenvalue weighted by molar-refractivity contribution is 0.215. The molecular weight excluding hydrogens is 235 g/mol. The summed E-state index contributed by atoms with van der Waals surface area (Å²) in [6.45, 7) is 3.54. The predicted octanol–water partition coefficient (Wildman–Crippen LogP) is 2.86. The van der Waals surface area contributed by atoms with Crippen molar-refractivity contribution in [3.05, 3.63) is 34.1 Å². The van der Waals surface area contributed by atoms with Gasteiger partial charge < -0.3 is 5.11 Å². The topological polar surface area (TPSA) is 20.2 Å². The number of aliphatic hydroxyl groups excluding tert-OH is 1. The molecule has 3 heteroatoms. The van der Waals surface area contributed by atoms with E-state index in [9.17, 15) is 4.39 Å². The molecule has 1 rings (SSSR count). The van der Waals surface area contributed by atoms with Gasteiger partial charge in [-0.05, 0) is 23.8 Å². The highest BCUT2D eigenvalue weighted by Crippen LogP contribution is 2.27. The molecule has 0 aliphatic heterocycles. The highest BCUT2D eigenvalue weighted by molar-refractivity contribution is 9.10. The highest BCUT2D eigenvalue weighted by atomic mass is 79.9. The van der Waals surface area contributed by atoms with Crippen molar-refractivity contribution in [3.8, 4) is 0 Å². The SMILES string of the molecule is CC(C)(CO)c1cc(Br)ccc1F. The summed E-state index contributed by atoms with van der Waals surface area (Å²) in [7, 11) is 0. The molecule has 1 aromatic rings. The monoisotopic (exact) mass is 246 g/mol. The van der Waals surface area contributed by atoms with Crippen LogP contribution in [0.2, 0.25) is 0 Å². The molecule has 0 spiro atoms. The molecule has 0 aromatic heterocycles. The second-order valence-corrected chi connectivity index (χ2v) is 4.58. The Balaban J connectivity index is 3.20. The van der Waals surface area contributed by atoms with Crippen LogP contribution in [0, 0.1) is 5.82 Å². The van der Waals surface area contributed by atoms with Crippen molar-refractivity contribution in [2.45, 2.75) is 19.3 Å². The largest absolute Gasteiger partial charge is 0.395 e. The first kappa shape index (κ1) is 10.7. The maximum absolute atomic E-state index is 13.3. The van der Waals surface area contributed by atoms with Crippen LogP contribution >= 0.6 is 15.9 Å². The van der Waals surface area contributed by atoms with E-state index in [1.54, 1.807) is 26.0 Å². The molecule has 1 nitrogen and oxygen atoms in total. The summed E-state index contributed by atoms with van der Waals surface area (Å²) < 4.78 is 14.1. The molecule has 0 saturated carbocycles. The molecule has 0 saturated heterocycles. The van der Waals surface area contributed by atoms with Crippen molar-refractivity contribution in [2.24, 2.45) is 0 Å². The molecule has 1 N–H and O–H groups in total. The van der Waals surface area contributed by atoms with Crippen molar-refractivity contribution in [1.29, 1.82) is 0 Å². The second kappa shape index (κ2) is 3.76. The first-order valence-electron chi connectivity index (χ1n) is 4.04. The van der Waals surface area contributed by atoms with E-state index in [0.29, 0.717) is 5.56 Å². The normalized spacial score (nSPS) is 11.8. The minimum Gasteiger partial charge on any atom is -0.395 e. The van der Waals surface area contributed by atoms with E-state index in [1.807, 2.05) is 0 Å². The third-order valence-corrected chi connectivity index (χ3v) is 2.55. The average Bonchev–Trinajstić information content (AvgIpc) is 2.09. The molecular formula is C10H12BrFO. The maximum Gasteiger partial charge on any atom is 0.127 e. The molecule has 0 amide bonds. The Kier molecular flexibility index (Phi) is 3.09. The first-order valence-corrected chi connectivity index (χ1v) is 4.83. The van der Waals surface area contributed by atoms with Crippen molar-refractivity contribution in [1.82, 2.24) is 0 Å². The zero-order valence-corrected chi connectivity index (χ0v) is 9.23. The van der Waals surface area contributed by atoms with E-state index in [4.69, 9.17) is 5.11 Å². The lowest BCUT2D eigenvalue weighted by atomic mass is 9.85. The molecule has 0 aliphatic rings. The van der Waals surface area contributed by atoms with Gasteiger partial charge in [-0.3, -0.25) is 0 Å². The van der Waals surface area contributed by atoms with E-state index in [0.717, 1.165) is 4.47 Å². The fourth-order valence-electron chi connectivity index (χ4n) is 1.10. The van der Waals surface area contributed by atoms with Gasteiger partial charge in [-0.2, -0.15) is 0 Å². The Morgan fingerprint density at radius 2 is 2.08 bits per heavy atom. The Morgan fingerprint density at radius 3 is 2.62 bits per heavy atom. The number of benzene rings is 1. The van der Waals surface area contributed by atoms with Crippen LogP contribution < -0.4 is 0 Å². The van der Waals surface area contributed by atoms with E-state index in [-0.39, 0.29) is 12.4 Å². The molecule has 0 aliphatic carbocycles. The number of halogens is 2. The van der Waals surface area contributed by atoms with E-state index in [1.165, 1.54) is 6.07 Å². The van der Waals surface area contributed by atoms with Gasteiger partial charge in [0.2, 0.25) is 0 Å². The molecule has 72 valence electrons. The van der Waals surface area contributed by atoms with Gasteiger partial charge in [0, 0.05) is 9.89 Å². The summed E-state index contributed by atoms with van der Waals surface area (Å²) in [6.07, 6.45) is 0. The fourth-order valence-corrected chi connectivity index (χ4v) is 1.46. The van der Waals surface area contributed by atoms with Gasteiger partial charge in [-0.25, -0.2) is 4.39 Å². The smallest absolute Gasteiger partial charge is 0.127 e. The predicted molar refractivity (Wildman–Crippen MR) is 54.2 cm³/mol. The standard InChI is InChI=1S/C10H12BrFO/c1-10(2,6-13)8-5-7(11)3-4-9(8)12/h3-5,13H,6H2,1-2H3. The van der Waals surface area contributed by atoms with Crippen LogP contribution in [-0.2, 0) is 5.41 Å². The third kappa shape index (κ3) is 2.29. The number of hydrogen-bond acceptors (Lipinski definition) is 1. The van der Waals surface area contributed by atoms with Crippen LogP contribution in [0.25, 0.3) is 0 Å². The number of rotatable bonds is 2. The second-order valence-electron chi connectivity index (χ2n) is 3.67. The van der Waals surface area contributed by atoms with Gasteiger partial charge >= 0.3 is 0 Å². The van der Waals surface area contributed by atoms with Crippen molar-refractivity contribution >= 4 is 15.9 Å².